The predicted octanol–water partition coefficient (Wildman–Crippen LogP) is 4.13. The van der Waals surface area contributed by atoms with Crippen molar-refractivity contribution in [3.05, 3.63) is 82.7 Å². The first-order valence-corrected chi connectivity index (χ1v) is 10.3. The maximum Gasteiger partial charge on any atom is 0.433 e. The fraction of sp³-hybridized carbons (Fsp3) is 0.318. The lowest BCUT2D eigenvalue weighted by Gasteiger charge is -2.25. The molecule has 12 heteroatoms. The van der Waals surface area contributed by atoms with E-state index < -0.39 is 35.6 Å². The summed E-state index contributed by atoms with van der Waals surface area (Å²) in [6, 6.07) is 8.06. The average Bonchev–Trinajstić information content (AvgIpc) is 3.22. The summed E-state index contributed by atoms with van der Waals surface area (Å²) >= 11 is 0. The topological polar surface area (TPSA) is 71.8 Å². The summed E-state index contributed by atoms with van der Waals surface area (Å²) < 4.78 is 79.0. The smallest absolute Gasteiger partial charge is 0.350 e. The van der Waals surface area contributed by atoms with Crippen molar-refractivity contribution in [1.82, 2.24) is 25.2 Å². The van der Waals surface area contributed by atoms with Crippen LogP contribution < -0.4 is 10.6 Å². The highest BCUT2D eigenvalue weighted by atomic mass is 19.4. The maximum absolute atomic E-state index is 13.0. The van der Waals surface area contributed by atoms with Crippen LogP contribution in [0.5, 0.6) is 0 Å². The lowest BCUT2D eigenvalue weighted by Crippen LogP contribution is -2.33. The summed E-state index contributed by atoms with van der Waals surface area (Å²) in [6.07, 6.45) is -7.29. The first-order chi connectivity index (χ1) is 16.0. The molecule has 34 heavy (non-hydrogen) atoms. The largest absolute Gasteiger partial charge is 0.433 e. The summed E-state index contributed by atoms with van der Waals surface area (Å²) in [5.41, 5.74) is -0.973. The molecule has 1 aliphatic heterocycles. The quantitative estimate of drug-likeness (QED) is 0.536. The third kappa shape index (κ3) is 5.38. The Morgan fingerprint density at radius 3 is 2.56 bits per heavy atom. The number of halogens is 6. The van der Waals surface area contributed by atoms with E-state index >= 15 is 0 Å². The van der Waals surface area contributed by atoms with Gasteiger partial charge >= 0.3 is 12.4 Å². The summed E-state index contributed by atoms with van der Waals surface area (Å²) in [4.78, 5) is 20.4. The van der Waals surface area contributed by atoms with Crippen molar-refractivity contribution in [2.45, 2.75) is 37.9 Å². The van der Waals surface area contributed by atoms with Crippen LogP contribution in [0.3, 0.4) is 0 Å². The van der Waals surface area contributed by atoms with Gasteiger partial charge in [-0.05, 0) is 30.2 Å². The number of hydrogen-bond acceptors (Lipinski definition) is 4. The minimum absolute atomic E-state index is 0.108. The van der Waals surface area contributed by atoms with Crippen molar-refractivity contribution >= 4 is 5.91 Å². The van der Waals surface area contributed by atoms with Crippen LogP contribution in [0.2, 0.25) is 0 Å². The molecule has 0 fully saturated rings. The van der Waals surface area contributed by atoms with Gasteiger partial charge in [0.25, 0.3) is 5.91 Å². The van der Waals surface area contributed by atoms with Gasteiger partial charge in [0.05, 0.1) is 23.8 Å². The monoisotopic (exact) mass is 483 g/mol. The van der Waals surface area contributed by atoms with Crippen molar-refractivity contribution in [3.8, 4) is 0 Å². The third-order valence-electron chi connectivity index (χ3n) is 5.35. The molecule has 4 rings (SSSR count). The molecule has 1 amide bonds. The molecule has 0 bridgehead atoms. The number of nitrogens with one attached hydrogen (secondary N) is 2. The van der Waals surface area contributed by atoms with Crippen LogP contribution in [0.25, 0.3) is 0 Å². The van der Waals surface area contributed by atoms with Gasteiger partial charge in [0.2, 0.25) is 0 Å². The Kier molecular flexibility index (Phi) is 6.34. The number of rotatable bonds is 5. The molecule has 6 nitrogen and oxygen atoms in total. The Morgan fingerprint density at radius 2 is 1.82 bits per heavy atom. The number of hydrogen-bond donors (Lipinski definition) is 2. The third-order valence-corrected chi connectivity index (χ3v) is 5.35. The van der Waals surface area contributed by atoms with Crippen LogP contribution in [-0.2, 0) is 31.9 Å². The van der Waals surface area contributed by atoms with Gasteiger partial charge in [0.15, 0.2) is 0 Å². The van der Waals surface area contributed by atoms with E-state index in [4.69, 9.17) is 0 Å². The van der Waals surface area contributed by atoms with Crippen LogP contribution in [0.4, 0.5) is 26.3 Å². The Labute approximate surface area is 190 Å². The number of imidazole rings is 1. The van der Waals surface area contributed by atoms with Gasteiger partial charge in [-0.25, -0.2) is 9.97 Å². The number of carbonyl (C=O) groups excluding carboxylic acids is 1. The Morgan fingerprint density at radius 1 is 1.06 bits per heavy atom. The van der Waals surface area contributed by atoms with E-state index in [9.17, 15) is 31.1 Å². The van der Waals surface area contributed by atoms with Crippen molar-refractivity contribution in [1.29, 1.82) is 0 Å². The zero-order valence-electron chi connectivity index (χ0n) is 17.5. The Hall–Kier alpha value is -3.41. The Balaban J connectivity index is 1.37. The molecule has 1 aliphatic rings. The van der Waals surface area contributed by atoms with Crippen molar-refractivity contribution in [2.24, 2.45) is 0 Å². The molecule has 180 valence electrons. The van der Waals surface area contributed by atoms with Crippen LogP contribution >= 0.6 is 0 Å². The summed E-state index contributed by atoms with van der Waals surface area (Å²) in [7, 11) is 0. The molecular formula is C22H19F6N5O. The number of alkyl halides is 6. The summed E-state index contributed by atoms with van der Waals surface area (Å²) in [5, 5.41) is 5.70. The van der Waals surface area contributed by atoms with Gasteiger partial charge in [-0.15, -0.1) is 0 Å². The number of pyridine rings is 1. The molecule has 2 aromatic heterocycles. The van der Waals surface area contributed by atoms with Crippen molar-refractivity contribution < 1.29 is 31.1 Å². The van der Waals surface area contributed by atoms with E-state index in [-0.39, 0.29) is 37.4 Å². The van der Waals surface area contributed by atoms with Crippen LogP contribution in [-0.4, -0.2) is 27.0 Å². The fourth-order valence-electron chi connectivity index (χ4n) is 3.65. The van der Waals surface area contributed by atoms with Gasteiger partial charge in [-0.1, -0.05) is 24.3 Å². The normalized spacial score (nSPS) is 16.2. The van der Waals surface area contributed by atoms with Gasteiger partial charge in [-0.3, -0.25) is 4.79 Å². The summed E-state index contributed by atoms with van der Waals surface area (Å²) in [6.45, 7) is 0.561. The zero-order valence-corrected chi connectivity index (χ0v) is 17.5. The van der Waals surface area contributed by atoms with Gasteiger partial charge in [0, 0.05) is 19.3 Å². The highest BCUT2D eigenvalue weighted by Gasteiger charge is 2.33. The second-order valence-electron chi connectivity index (χ2n) is 7.78. The number of amides is 1. The SMILES string of the molecule is O=C(NCCc1cccc(C(F)(F)F)c1)c1cn2c(n1)CNC(c1cccc(C(F)(F)F)n1)C2. The highest BCUT2D eigenvalue weighted by Crippen LogP contribution is 2.30. The number of fused-ring (bicyclic) bond motifs is 1. The van der Waals surface area contributed by atoms with Crippen LogP contribution in [0.1, 0.15) is 44.9 Å². The molecule has 0 radical (unpaired) electrons. The standard InChI is InChI=1S/C22H19F6N5O/c23-21(24,25)14-4-1-3-13(9-14)7-8-29-20(34)17-12-33-11-16(30-10-19(33)32-17)15-5-2-6-18(31-15)22(26,27)28/h1-6,9,12,16,30H,7-8,10-11H2,(H,29,34). The van der Waals surface area contributed by atoms with E-state index in [0.29, 0.717) is 11.4 Å². The lowest BCUT2D eigenvalue weighted by atomic mass is 10.1. The van der Waals surface area contributed by atoms with Crippen molar-refractivity contribution in [2.75, 3.05) is 6.54 Å². The molecule has 1 unspecified atom stereocenters. The van der Waals surface area contributed by atoms with Crippen molar-refractivity contribution in [3.63, 3.8) is 0 Å². The van der Waals surface area contributed by atoms with Gasteiger partial charge < -0.3 is 15.2 Å². The molecule has 0 saturated heterocycles. The molecule has 0 aliphatic carbocycles. The number of carbonyl (C=O) groups is 1. The molecule has 0 spiro atoms. The Bertz CT molecular complexity index is 1190. The minimum Gasteiger partial charge on any atom is -0.350 e. The van der Waals surface area contributed by atoms with Gasteiger partial charge in [-0.2, -0.15) is 26.3 Å². The maximum atomic E-state index is 13.0. The van der Waals surface area contributed by atoms with E-state index in [0.717, 1.165) is 18.2 Å². The highest BCUT2D eigenvalue weighted by molar-refractivity contribution is 5.92. The van der Waals surface area contributed by atoms with Crippen LogP contribution in [0, 0.1) is 0 Å². The molecular weight excluding hydrogens is 464 g/mol. The van der Waals surface area contributed by atoms with Gasteiger partial charge in [0.1, 0.15) is 17.2 Å². The molecule has 3 heterocycles. The first kappa shape index (κ1) is 23.7. The molecule has 2 N–H and O–H groups in total. The number of benzene rings is 1. The lowest BCUT2D eigenvalue weighted by molar-refractivity contribution is -0.141. The fourth-order valence-corrected chi connectivity index (χ4v) is 3.65. The molecule has 3 aromatic rings. The summed E-state index contributed by atoms with van der Waals surface area (Å²) in [5.74, 6) is 0.0360. The minimum atomic E-state index is -4.55. The molecule has 0 saturated carbocycles. The van der Waals surface area contributed by atoms with E-state index in [2.05, 4.69) is 20.6 Å². The first-order valence-electron chi connectivity index (χ1n) is 10.3. The predicted molar refractivity (Wildman–Crippen MR) is 109 cm³/mol. The second kappa shape index (κ2) is 9.09. The molecule has 1 atom stereocenters. The van der Waals surface area contributed by atoms with Crippen LogP contribution in [0.15, 0.2) is 48.7 Å². The molecule has 1 aromatic carbocycles. The number of nitrogens with zero attached hydrogens (tertiary/aromatic N) is 3. The zero-order chi connectivity index (χ0) is 24.5. The second-order valence-corrected chi connectivity index (χ2v) is 7.78. The van der Waals surface area contributed by atoms with E-state index in [1.807, 2.05) is 0 Å². The van der Waals surface area contributed by atoms with E-state index in [1.165, 1.54) is 24.4 Å². The van der Waals surface area contributed by atoms with E-state index in [1.54, 1.807) is 10.6 Å². The number of aromatic nitrogens is 3. The average molecular weight is 483 g/mol.